The summed E-state index contributed by atoms with van der Waals surface area (Å²) in [5.41, 5.74) is -0.816. The van der Waals surface area contributed by atoms with Crippen LogP contribution in [-0.2, 0) is 9.63 Å². The standard InChI is InChI=1S/C24H38N2O4.ClH/c1-22-9-7-19-17(18(22)5-6-21(22)28)4-3-15-11-20(26-30-16-8-10-25-12-16)24(29,14-27)13-23(15,19)2;/h15-19,25,27,29H,3-14H2,1-2H3;1H/t15?,16-,17-,18-,19-,22-,23-,24?;/m0./s1. The van der Waals surface area contributed by atoms with Crippen LogP contribution in [0, 0.1) is 34.5 Å². The van der Waals surface area contributed by atoms with Gasteiger partial charge in [-0.3, -0.25) is 4.79 Å². The molecule has 4 saturated carbocycles. The van der Waals surface area contributed by atoms with Crippen LogP contribution in [0.3, 0.4) is 0 Å². The molecule has 5 fully saturated rings. The smallest absolute Gasteiger partial charge is 0.141 e. The van der Waals surface area contributed by atoms with E-state index in [-0.39, 0.29) is 35.9 Å². The van der Waals surface area contributed by atoms with E-state index in [1.54, 1.807) is 0 Å². The fraction of sp³-hybridized carbons (Fsp3) is 0.917. The minimum Gasteiger partial charge on any atom is -0.393 e. The third kappa shape index (κ3) is 3.56. The molecule has 0 aromatic carbocycles. The van der Waals surface area contributed by atoms with E-state index in [9.17, 15) is 15.0 Å². The second-order valence-corrected chi connectivity index (χ2v) is 11.4. The lowest BCUT2D eigenvalue weighted by Crippen LogP contribution is -2.60. The fourth-order valence-corrected chi connectivity index (χ4v) is 8.20. The van der Waals surface area contributed by atoms with Gasteiger partial charge in [-0.2, -0.15) is 0 Å². The molecule has 8 atom stereocenters. The number of nitrogens with zero attached hydrogens (tertiary/aromatic N) is 1. The fourth-order valence-electron chi connectivity index (χ4n) is 8.20. The number of halogens is 1. The molecule has 0 amide bonds. The summed E-state index contributed by atoms with van der Waals surface area (Å²) in [7, 11) is 0. The van der Waals surface area contributed by atoms with Gasteiger partial charge in [-0.25, -0.2) is 0 Å². The van der Waals surface area contributed by atoms with Crippen molar-refractivity contribution < 1.29 is 19.8 Å². The van der Waals surface area contributed by atoms with Crippen molar-refractivity contribution in [1.29, 1.82) is 0 Å². The van der Waals surface area contributed by atoms with E-state index in [2.05, 4.69) is 24.3 Å². The number of oxime groups is 1. The normalized spacial score (nSPS) is 50.4. The Morgan fingerprint density at radius 3 is 2.68 bits per heavy atom. The number of hydrogen-bond acceptors (Lipinski definition) is 6. The van der Waals surface area contributed by atoms with Crippen molar-refractivity contribution in [2.24, 2.45) is 39.7 Å². The minimum atomic E-state index is -1.30. The molecule has 7 heteroatoms. The lowest BCUT2D eigenvalue weighted by Gasteiger charge is -2.61. The Balaban J connectivity index is 0.00000231. The average Bonchev–Trinajstić information content (AvgIpc) is 3.34. The third-order valence-electron chi connectivity index (χ3n) is 10.0. The van der Waals surface area contributed by atoms with Crippen LogP contribution < -0.4 is 5.32 Å². The summed E-state index contributed by atoms with van der Waals surface area (Å²) in [6.07, 6.45) is 8.36. The van der Waals surface area contributed by atoms with Crippen LogP contribution in [0.4, 0.5) is 0 Å². The summed E-state index contributed by atoms with van der Waals surface area (Å²) in [6, 6.07) is 0. The Morgan fingerprint density at radius 2 is 1.97 bits per heavy atom. The van der Waals surface area contributed by atoms with Crippen molar-refractivity contribution >= 4 is 23.9 Å². The average molecular weight is 455 g/mol. The van der Waals surface area contributed by atoms with E-state index in [1.165, 1.54) is 6.42 Å². The van der Waals surface area contributed by atoms with Crippen molar-refractivity contribution in [3.05, 3.63) is 0 Å². The number of ketones is 1. The van der Waals surface area contributed by atoms with Gasteiger partial charge in [0.15, 0.2) is 0 Å². The van der Waals surface area contributed by atoms with Gasteiger partial charge >= 0.3 is 0 Å². The lowest BCUT2D eigenvalue weighted by atomic mass is 9.44. The van der Waals surface area contributed by atoms with Gasteiger partial charge in [0.2, 0.25) is 0 Å². The minimum absolute atomic E-state index is 0. The Labute approximate surface area is 192 Å². The first-order valence-corrected chi connectivity index (χ1v) is 12.1. The quantitative estimate of drug-likeness (QED) is 0.570. The molecule has 6 nitrogen and oxygen atoms in total. The van der Waals surface area contributed by atoms with Crippen LogP contribution >= 0.6 is 12.4 Å². The topological polar surface area (TPSA) is 91.2 Å². The molecule has 3 N–H and O–H groups in total. The van der Waals surface area contributed by atoms with Crippen LogP contribution in [0.1, 0.15) is 71.6 Å². The molecule has 5 aliphatic rings. The van der Waals surface area contributed by atoms with Gasteiger partial charge in [0, 0.05) is 24.8 Å². The zero-order chi connectivity index (χ0) is 21.1. The molecule has 4 aliphatic carbocycles. The predicted octanol–water partition coefficient (Wildman–Crippen LogP) is 3.09. The van der Waals surface area contributed by atoms with Gasteiger partial charge in [0.25, 0.3) is 0 Å². The van der Waals surface area contributed by atoms with Crippen molar-refractivity contribution in [3.63, 3.8) is 0 Å². The number of carbonyl (C=O) groups is 1. The van der Waals surface area contributed by atoms with E-state index < -0.39 is 5.60 Å². The summed E-state index contributed by atoms with van der Waals surface area (Å²) in [6.45, 7) is 5.97. The molecule has 0 aromatic rings. The molecule has 1 saturated heterocycles. The highest BCUT2D eigenvalue weighted by Gasteiger charge is 2.62. The molecule has 0 radical (unpaired) electrons. The maximum Gasteiger partial charge on any atom is 0.141 e. The largest absolute Gasteiger partial charge is 0.393 e. The number of aliphatic hydroxyl groups excluding tert-OH is 1. The molecular weight excluding hydrogens is 416 g/mol. The molecule has 0 spiro atoms. The summed E-state index contributed by atoms with van der Waals surface area (Å²) in [4.78, 5) is 18.4. The molecule has 1 heterocycles. The SMILES string of the molecule is C[C@]12CC(O)(CO)C(=NO[C@H]3CCNC3)CC1CC[C@@H]1[C@@H]2CC[C@]2(C)C(=O)CC[C@@H]12.Cl. The first kappa shape index (κ1) is 23.5. The van der Waals surface area contributed by atoms with E-state index >= 15 is 0 Å². The second kappa shape index (κ2) is 8.27. The molecule has 5 rings (SSSR count). The first-order valence-electron chi connectivity index (χ1n) is 12.1. The van der Waals surface area contributed by atoms with Crippen LogP contribution in [0.25, 0.3) is 0 Å². The van der Waals surface area contributed by atoms with Gasteiger partial charge in [-0.15, -0.1) is 12.4 Å². The number of hydrogen-bond donors (Lipinski definition) is 3. The van der Waals surface area contributed by atoms with Crippen LogP contribution in [0.5, 0.6) is 0 Å². The lowest BCUT2D eigenvalue weighted by molar-refractivity contribution is -0.145. The predicted molar refractivity (Wildman–Crippen MR) is 121 cm³/mol. The first-order chi connectivity index (χ1) is 14.3. The monoisotopic (exact) mass is 454 g/mol. The van der Waals surface area contributed by atoms with Crippen molar-refractivity contribution in [3.8, 4) is 0 Å². The zero-order valence-electron chi connectivity index (χ0n) is 18.9. The van der Waals surface area contributed by atoms with Gasteiger partial charge in [-0.05, 0) is 80.6 Å². The summed E-state index contributed by atoms with van der Waals surface area (Å²) in [5, 5.41) is 29.3. The van der Waals surface area contributed by atoms with Gasteiger partial charge in [-0.1, -0.05) is 19.0 Å². The molecule has 0 aromatic heterocycles. The van der Waals surface area contributed by atoms with Crippen LogP contribution in [-0.4, -0.2) is 53.1 Å². The Morgan fingerprint density at radius 1 is 1.16 bits per heavy atom. The summed E-state index contributed by atoms with van der Waals surface area (Å²) in [5.74, 6) is 2.51. The molecule has 2 unspecified atom stereocenters. The Kier molecular flexibility index (Phi) is 6.26. The third-order valence-corrected chi connectivity index (χ3v) is 10.0. The number of carbonyl (C=O) groups excluding carboxylic acids is 1. The van der Waals surface area contributed by atoms with E-state index in [0.29, 0.717) is 48.0 Å². The van der Waals surface area contributed by atoms with Crippen molar-refractivity contribution in [1.82, 2.24) is 5.32 Å². The van der Waals surface area contributed by atoms with Crippen LogP contribution in [0.15, 0.2) is 5.16 Å². The second-order valence-electron chi connectivity index (χ2n) is 11.4. The zero-order valence-corrected chi connectivity index (χ0v) is 19.8. The highest BCUT2D eigenvalue weighted by Crippen LogP contribution is 2.66. The molecule has 0 bridgehead atoms. The summed E-state index contributed by atoms with van der Waals surface area (Å²) >= 11 is 0. The summed E-state index contributed by atoms with van der Waals surface area (Å²) < 4.78 is 0. The number of Topliss-reactive ketones (excluding diaryl/α,β-unsaturated/α-hetero) is 1. The van der Waals surface area contributed by atoms with Crippen molar-refractivity contribution in [2.75, 3.05) is 19.7 Å². The Bertz CT molecular complexity index is 741. The molecule has 31 heavy (non-hydrogen) atoms. The number of aliphatic hydroxyl groups is 2. The molecular formula is C24H39ClN2O4. The maximum absolute atomic E-state index is 12.6. The van der Waals surface area contributed by atoms with E-state index in [0.717, 1.165) is 51.6 Å². The number of fused-ring (bicyclic) bond motifs is 5. The van der Waals surface area contributed by atoms with Gasteiger partial charge in [0.1, 0.15) is 17.5 Å². The van der Waals surface area contributed by atoms with E-state index in [4.69, 9.17) is 4.84 Å². The Hall–Kier alpha value is -0.690. The van der Waals surface area contributed by atoms with Gasteiger partial charge in [0.05, 0.1) is 12.3 Å². The van der Waals surface area contributed by atoms with Gasteiger partial charge < -0.3 is 20.4 Å². The van der Waals surface area contributed by atoms with Crippen molar-refractivity contribution in [2.45, 2.75) is 83.3 Å². The number of nitrogens with one attached hydrogen (secondary N) is 1. The number of rotatable bonds is 3. The highest BCUT2D eigenvalue weighted by molar-refractivity contribution is 5.93. The molecule has 176 valence electrons. The van der Waals surface area contributed by atoms with Crippen LogP contribution in [0.2, 0.25) is 0 Å². The maximum atomic E-state index is 12.6. The highest BCUT2D eigenvalue weighted by atomic mass is 35.5. The van der Waals surface area contributed by atoms with E-state index in [1.807, 2.05) is 0 Å². The molecule has 1 aliphatic heterocycles.